The van der Waals surface area contributed by atoms with Crippen LogP contribution >= 0.6 is 0 Å². The summed E-state index contributed by atoms with van der Waals surface area (Å²) in [5.41, 5.74) is 5.59. The van der Waals surface area contributed by atoms with E-state index in [-0.39, 0.29) is 28.4 Å². The van der Waals surface area contributed by atoms with Crippen LogP contribution in [0.25, 0.3) is 21.5 Å². The second-order valence-electron chi connectivity index (χ2n) is 15.3. The molecule has 10 heteroatoms. The van der Waals surface area contributed by atoms with E-state index in [2.05, 4.69) is 124 Å². The molecule has 2 aliphatic heterocycles. The Labute approximate surface area is 314 Å². The molecule has 53 heavy (non-hydrogen) atoms. The number of fused-ring (bicyclic) bond motifs is 6. The van der Waals surface area contributed by atoms with Gasteiger partial charge < -0.3 is 9.45 Å². The summed E-state index contributed by atoms with van der Waals surface area (Å²) in [6, 6.07) is 25.5. The predicted molar refractivity (Wildman–Crippen MR) is 216 cm³/mol. The zero-order chi connectivity index (χ0) is 38.0. The molecule has 2 aliphatic rings. The lowest BCUT2D eigenvalue weighted by Crippen LogP contribution is -3.04. The molecule has 0 amide bonds. The number of hydrogen-bond acceptors (Lipinski definition) is 6. The third kappa shape index (κ3) is 8.37. The van der Waals surface area contributed by atoms with E-state index in [1.807, 2.05) is 24.3 Å². The van der Waals surface area contributed by atoms with Gasteiger partial charge in [-0.2, -0.15) is 8.42 Å². The van der Waals surface area contributed by atoms with E-state index in [4.69, 9.17) is 0 Å². The van der Waals surface area contributed by atoms with Gasteiger partial charge in [0.05, 0.1) is 33.9 Å². The number of rotatable bonds is 14. The van der Waals surface area contributed by atoms with Crippen LogP contribution < -0.4 is 9.80 Å². The van der Waals surface area contributed by atoms with Crippen LogP contribution in [0.5, 0.6) is 0 Å². The van der Waals surface area contributed by atoms with Gasteiger partial charge in [-0.1, -0.05) is 105 Å². The summed E-state index contributed by atoms with van der Waals surface area (Å²) in [4.78, 5) is 3.56. The average molecular weight is 755 g/mol. The second-order valence-corrected chi connectivity index (χ2v) is 18.4. The van der Waals surface area contributed by atoms with Gasteiger partial charge in [-0.15, -0.1) is 0 Å². The smallest absolute Gasteiger partial charge is 0.264 e. The van der Waals surface area contributed by atoms with Crippen molar-refractivity contribution in [3.63, 3.8) is 0 Å². The first-order valence-corrected chi connectivity index (χ1v) is 21.6. The molecule has 0 aromatic heterocycles. The Morgan fingerprint density at radius 1 is 0.736 bits per heavy atom. The Morgan fingerprint density at radius 2 is 1.34 bits per heavy atom. The first kappa shape index (κ1) is 38.7. The molecule has 0 spiro atoms. The minimum atomic E-state index is -4.25. The average Bonchev–Trinajstić information content (AvgIpc) is 3.45. The molecule has 0 saturated heterocycles. The molecule has 0 saturated carbocycles. The highest BCUT2D eigenvalue weighted by molar-refractivity contribution is 7.85. The van der Waals surface area contributed by atoms with Crippen LogP contribution in [0.3, 0.4) is 0 Å². The highest BCUT2D eigenvalue weighted by Crippen LogP contribution is 2.49. The van der Waals surface area contributed by atoms with Crippen LogP contribution in [0.15, 0.2) is 121 Å². The van der Waals surface area contributed by atoms with Crippen molar-refractivity contribution in [1.29, 1.82) is 0 Å². The summed E-state index contributed by atoms with van der Waals surface area (Å²) in [5.74, 6) is -0.594. The van der Waals surface area contributed by atoms with Crippen LogP contribution in [-0.2, 0) is 31.1 Å². The first-order valence-electron chi connectivity index (χ1n) is 18.4. The molecule has 0 bridgehead atoms. The van der Waals surface area contributed by atoms with E-state index in [0.29, 0.717) is 38.8 Å². The first-order chi connectivity index (χ1) is 25.1. The van der Waals surface area contributed by atoms with Crippen molar-refractivity contribution in [2.75, 3.05) is 29.5 Å². The van der Waals surface area contributed by atoms with Crippen molar-refractivity contribution in [1.82, 2.24) is 0 Å². The summed E-state index contributed by atoms with van der Waals surface area (Å²) < 4.78 is 65.8. The highest BCUT2D eigenvalue weighted by atomic mass is 32.2. The number of unbranched alkanes of at least 4 members (excludes halogenated alkanes) is 2. The van der Waals surface area contributed by atoms with E-state index in [1.165, 1.54) is 49.0 Å². The minimum Gasteiger partial charge on any atom is -0.748 e. The molecule has 8 nitrogen and oxygen atoms in total. The topological polar surface area (TPSA) is 119 Å². The van der Waals surface area contributed by atoms with Crippen LogP contribution in [0.4, 0.5) is 11.4 Å². The molecular formula is C43H50N2O6S2. The lowest BCUT2D eigenvalue weighted by molar-refractivity contribution is -0.789. The van der Waals surface area contributed by atoms with Crippen LogP contribution in [0.2, 0.25) is 0 Å². The number of anilines is 1. The SMILES string of the molecule is CC1(C)C(=CC=CC=CC=CC2N(CCCCS(=O)(=O)O)c3ccc4ccccc4c3C2(C)C)[NH+](CCCCS(=O)(=O)[O-])c2ccc3ccccc3c21. The van der Waals surface area contributed by atoms with Crippen molar-refractivity contribution in [3.05, 3.63) is 132 Å². The van der Waals surface area contributed by atoms with Gasteiger partial charge in [0, 0.05) is 35.0 Å². The van der Waals surface area contributed by atoms with Gasteiger partial charge in [0.25, 0.3) is 10.1 Å². The fraction of sp³-hybridized carbons (Fsp3) is 0.349. The Hall–Kier alpha value is -4.06. The molecule has 6 rings (SSSR count). The van der Waals surface area contributed by atoms with Gasteiger partial charge in [0.15, 0.2) is 0 Å². The van der Waals surface area contributed by atoms with Crippen molar-refractivity contribution < 1.29 is 30.8 Å². The number of nitrogens with zero attached hydrogens (tertiary/aromatic N) is 1. The van der Waals surface area contributed by atoms with Gasteiger partial charge in [0.2, 0.25) is 0 Å². The number of benzene rings is 4. The standard InChI is InChI=1S/C43H50N2O6S2/c1-42(2)38(44(28-14-16-30-52(46,47)48)36-26-24-32-18-10-12-20-34(32)40(36)42)22-8-6-5-7-9-23-39-43(3,4)41-35-21-13-11-19-33(35)25-27-37(41)45(39)29-15-17-31-53(49,50)51/h5-13,18-27,38H,14-17,28-31H2,1-4H3,(H,46,47,48)(H,49,50,51). The molecule has 280 valence electrons. The van der Waals surface area contributed by atoms with Crippen molar-refractivity contribution in [2.45, 2.75) is 70.3 Å². The zero-order valence-corrected chi connectivity index (χ0v) is 32.6. The monoisotopic (exact) mass is 754 g/mol. The predicted octanol–water partition coefficient (Wildman–Crippen LogP) is 7.51. The fourth-order valence-electron chi connectivity index (χ4n) is 8.56. The number of nitrogens with one attached hydrogen (secondary N) is 1. The quantitative estimate of drug-likeness (QED) is 0.0777. The molecule has 4 aromatic carbocycles. The van der Waals surface area contributed by atoms with E-state index in [0.717, 1.165) is 5.69 Å². The van der Waals surface area contributed by atoms with Gasteiger partial charge >= 0.3 is 0 Å². The molecule has 2 atom stereocenters. The highest BCUT2D eigenvalue weighted by Gasteiger charge is 2.46. The summed E-state index contributed by atoms with van der Waals surface area (Å²) >= 11 is 0. The molecule has 2 heterocycles. The third-order valence-corrected chi connectivity index (χ3v) is 12.5. The molecule has 0 radical (unpaired) electrons. The van der Waals surface area contributed by atoms with Gasteiger partial charge in [-0.05, 0) is 84.8 Å². The largest absolute Gasteiger partial charge is 0.748 e. The molecule has 0 aliphatic carbocycles. The van der Waals surface area contributed by atoms with Crippen LogP contribution in [-0.4, -0.2) is 56.6 Å². The van der Waals surface area contributed by atoms with E-state index >= 15 is 0 Å². The van der Waals surface area contributed by atoms with Gasteiger partial charge in [0.1, 0.15) is 11.4 Å². The summed E-state index contributed by atoms with van der Waals surface area (Å²) in [6.45, 7) is 10.4. The summed E-state index contributed by atoms with van der Waals surface area (Å²) in [6.07, 6.45) is 16.5. The number of allylic oxidation sites excluding steroid dienone is 7. The summed E-state index contributed by atoms with van der Waals surface area (Å²) in [5, 5.41) is 4.80. The van der Waals surface area contributed by atoms with Gasteiger partial charge in [-0.3, -0.25) is 9.45 Å². The van der Waals surface area contributed by atoms with Crippen molar-refractivity contribution >= 4 is 53.2 Å². The molecule has 4 aromatic rings. The molecule has 2 N–H and O–H groups in total. The lowest BCUT2D eigenvalue weighted by atomic mass is 9.78. The maximum Gasteiger partial charge on any atom is 0.264 e. The van der Waals surface area contributed by atoms with E-state index in [9.17, 15) is 25.9 Å². The van der Waals surface area contributed by atoms with Crippen LogP contribution in [0, 0.1) is 0 Å². The number of hydrogen-bond donors (Lipinski definition) is 2. The normalized spacial score (nSPS) is 20.5. The van der Waals surface area contributed by atoms with Crippen molar-refractivity contribution in [2.24, 2.45) is 0 Å². The lowest BCUT2D eigenvalue weighted by Gasteiger charge is -2.32. The molecule has 2 unspecified atom stereocenters. The Morgan fingerprint density at radius 3 is 2.02 bits per heavy atom. The minimum absolute atomic E-state index is 0.0335. The third-order valence-electron chi connectivity index (χ3n) is 10.9. The van der Waals surface area contributed by atoms with Crippen molar-refractivity contribution in [3.8, 4) is 0 Å². The van der Waals surface area contributed by atoms with E-state index in [1.54, 1.807) is 0 Å². The van der Waals surface area contributed by atoms with E-state index < -0.39 is 20.2 Å². The zero-order valence-electron chi connectivity index (χ0n) is 31.0. The number of quaternary nitrogens is 1. The Bertz CT molecular complexity index is 2340. The molecular weight excluding hydrogens is 705 g/mol. The maximum atomic E-state index is 11.4. The van der Waals surface area contributed by atoms with Crippen LogP contribution in [0.1, 0.15) is 64.5 Å². The fourth-order valence-corrected chi connectivity index (χ4v) is 9.69. The maximum absolute atomic E-state index is 11.4. The summed E-state index contributed by atoms with van der Waals surface area (Å²) in [7, 11) is -8.25. The molecule has 0 fully saturated rings. The second kappa shape index (κ2) is 15.4. The Kier molecular flexibility index (Phi) is 11.2. The Balaban J connectivity index is 1.23. The van der Waals surface area contributed by atoms with Gasteiger partial charge in [-0.25, -0.2) is 8.42 Å².